The first-order valence-corrected chi connectivity index (χ1v) is 40.1. The summed E-state index contributed by atoms with van der Waals surface area (Å²) < 4.78 is 44.6. The molecule has 8 aromatic heterocycles. The standard InChI is InChI=1S/C26H28N5O4.C26H27N5O3.C26H26N5O2.C12H15N5O3.HI.2Y/c27-25-28-12-21-24(30-25)31(17-29-21)23-11-22(35-14-19-9-5-2-6-10-19)20(26(23,33)16-32)15-34-13-18-7-3-1-4-8-18;1-17-20(15-33-13-18-8-4-2-5-9-18)22(34-14-19-10-6-3-7-11-19)12-21(17)31-16-28-23-24(31)29-26(27)30-25(23)32;1-18-21(16-32-14-19-8-4-2-5-9-19)24(33-15-20-10-6-3-7-11-20)12-23(18)31-17-29-22-13-28-26(27)30-25(22)31;1-5-6(3-18)8(19)2-7(5)17-4-14-9-10(17)15-12(13)16-11(9)20;;;/h1-10,17,20,22-23,32-33H,11,13-16H2,(H2,27,28,30);2-11,16,20-22H,1,12-15H2,(H3,27,29,30,32);2-11,17,21,23-24H,1,12,14-16H2,(H2,27,28,30);4,6-8,18-19H,1-3H2,(H3,13,15,16,20);1H;;/q-1;;-1;;;;/t20-,22+,23+,26+;20-,21-,22-;21-,23-,24-;6-,7-,8-;;;/m1000.../s1. The number of aromatic nitrogens is 16. The number of anilines is 4. The van der Waals surface area contributed by atoms with Crippen molar-refractivity contribution in [3.05, 3.63) is 310 Å². The average molecular weight is 1960 g/mol. The molecule has 6 aromatic carbocycles. The Hall–Kier alpha value is -9.92. The van der Waals surface area contributed by atoms with Crippen molar-refractivity contribution in [3.63, 3.8) is 0 Å². The van der Waals surface area contributed by atoms with E-state index in [9.17, 15) is 30.0 Å². The molecule has 0 amide bonds. The van der Waals surface area contributed by atoms with E-state index in [-0.39, 0.29) is 197 Å². The fraction of sp³-hybridized carbons (Fsp3) is 0.311. The molecule has 644 valence electrons. The number of halogens is 1. The summed E-state index contributed by atoms with van der Waals surface area (Å²) in [5, 5.41) is 41.5. The molecule has 35 heteroatoms. The van der Waals surface area contributed by atoms with Crippen LogP contribution in [0.4, 0.5) is 23.8 Å². The second-order valence-electron chi connectivity index (χ2n) is 30.6. The van der Waals surface area contributed by atoms with Crippen molar-refractivity contribution in [1.82, 2.24) is 78.1 Å². The minimum atomic E-state index is -1.54. The third-order valence-corrected chi connectivity index (χ3v) is 22.9. The Morgan fingerprint density at radius 1 is 0.432 bits per heavy atom. The summed E-state index contributed by atoms with van der Waals surface area (Å²) >= 11 is 0. The number of nitrogens with zero attached hydrogens (tertiary/aromatic N) is 14. The smallest absolute Gasteiger partial charge is 0.280 e. The minimum Gasteiger partial charge on any atom is -0.420 e. The Balaban J connectivity index is 0.000000153. The van der Waals surface area contributed by atoms with Crippen LogP contribution < -0.4 is 34.1 Å². The zero-order valence-electron chi connectivity index (χ0n) is 68.5. The number of aromatic amines is 2. The van der Waals surface area contributed by atoms with Gasteiger partial charge in [-0.25, -0.2) is 9.97 Å². The number of H-pyrrole nitrogens is 2. The number of imidazole rings is 4. The normalized spacial score (nSPS) is 21.9. The van der Waals surface area contributed by atoms with E-state index in [4.69, 9.17) is 51.4 Å². The van der Waals surface area contributed by atoms with Crippen molar-refractivity contribution in [2.24, 2.45) is 23.7 Å². The second-order valence-corrected chi connectivity index (χ2v) is 30.6. The van der Waals surface area contributed by atoms with Crippen molar-refractivity contribution in [2.75, 3.05) is 56.0 Å². The molecule has 8 heterocycles. The Bertz CT molecular complexity index is 6010. The molecule has 32 nitrogen and oxygen atoms in total. The van der Waals surface area contributed by atoms with Gasteiger partial charge in [0.15, 0.2) is 22.3 Å². The van der Waals surface area contributed by atoms with Crippen molar-refractivity contribution in [3.8, 4) is 0 Å². The molecule has 18 rings (SSSR count). The molecule has 4 fully saturated rings. The fourth-order valence-corrected chi connectivity index (χ4v) is 16.5. The monoisotopic (exact) mass is 1950 g/mol. The van der Waals surface area contributed by atoms with Gasteiger partial charge in [0.1, 0.15) is 17.5 Å². The summed E-state index contributed by atoms with van der Waals surface area (Å²) in [6.45, 7) is 16.2. The van der Waals surface area contributed by atoms with E-state index in [1.807, 2.05) is 167 Å². The van der Waals surface area contributed by atoms with E-state index in [0.29, 0.717) is 111 Å². The third kappa shape index (κ3) is 22.2. The number of benzene rings is 6. The zero-order chi connectivity index (χ0) is 84.8. The summed E-state index contributed by atoms with van der Waals surface area (Å²) in [7, 11) is 0. The van der Waals surface area contributed by atoms with E-state index < -0.39 is 35.8 Å². The quantitative estimate of drug-likeness (QED) is 0.0130. The maximum atomic E-state index is 12.3. The SMILES string of the molecule is C=C1[C@H](CO)[C@@H](O)C[C@@H]1n1cnc2c(=O)[nH]c(N)nc21.C=C1[C@H](COCc2ccccc2)[C@@H](OCc2ccccc2)C[C@@H]1n1cnc2[c-]nc(N)nc21.C=C1[C@H](COCc2ccccc2)[C@@H](OCc2ccccc2)C[C@@H]1n1cnc2c(=O)[nH]c(N)nc21.I.Nc1n[c-]c2ncn([C@H]3C[C@H](OCc4ccccc4)[C@@H](COCc4ccccc4)[C@@]3(O)CO)c2n1.[Y].[Y]. The molecule has 4 aliphatic carbocycles. The summed E-state index contributed by atoms with van der Waals surface area (Å²) in [5.74, 6) is -0.550. The zero-order valence-corrected chi connectivity index (χ0v) is 76.5. The van der Waals surface area contributed by atoms with Gasteiger partial charge < -0.3 is 110 Å². The van der Waals surface area contributed by atoms with Gasteiger partial charge in [0.2, 0.25) is 11.9 Å². The number of rotatable bonds is 27. The minimum absolute atomic E-state index is 0. The molecule has 4 saturated carbocycles. The van der Waals surface area contributed by atoms with Gasteiger partial charge >= 0.3 is 0 Å². The van der Waals surface area contributed by atoms with Gasteiger partial charge in [-0.1, -0.05) is 202 Å². The van der Waals surface area contributed by atoms with Crippen LogP contribution in [0.1, 0.15) is 83.2 Å². The number of hydrogen-bond donors (Lipinski definition) is 10. The van der Waals surface area contributed by atoms with Crippen molar-refractivity contribution >= 4 is 92.4 Å². The van der Waals surface area contributed by atoms with E-state index in [2.05, 4.69) is 116 Å². The van der Waals surface area contributed by atoms with Gasteiger partial charge in [0.25, 0.3) is 11.1 Å². The molecule has 0 saturated heterocycles. The molecule has 4 aliphatic rings. The number of aliphatic hydroxyl groups is 4. The third-order valence-electron chi connectivity index (χ3n) is 22.9. The molecule has 14 N–H and O–H groups in total. The first kappa shape index (κ1) is 94.2. The first-order chi connectivity index (χ1) is 59.4. The van der Waals surface area contributed by atoms with Crippen LogP contribution in [0.2, 0.25) is 0 Å². The average Bonchev–Trinajstić information content (AvgIpc) is 1.60. The van der Waals surface area contributed by atoms with E-state index >= 15 is 0 Å². The fourth-order valence-electron chi connectivity index (χ4n) is 16.5. The van der Waals surface area contributed by atoms with E-state index in [1.54, 1.807) is 28.1 Å². The van der Waals surface area contributed by atoms with Crippen LogP contribution >= 0.6 is 24.0 Å². The number of ether oxygens (including phenoxy) is 6. The maximum Gasteiger partial charge on any atom is 0.280 e. The van der Waals surface area contributed by atoms with Crippen LogP contribution in [0, 0.1) is 36.1 Å². The molecule has 0 spiro atoms. The Kier molecular flexibility index (Phi) is 33.2. The van der Waals surface area contributed by atoms with Crippen LogP contribution in [-0.2, 0) is 133 Å². The van der Waals surface area contributed by atoms with E-state index in [0.717, 1.165) is 50.9 Å². The number of hydrogen-bond acceptors (Lipinski definition) is 26. The molecule has 2 radical (unpaired) electrons. The molecular formula is C90H97IN20O12Y2-2. The summed E-state index contributed by atoms with van der Waals surface area (Å²) in [6, 6.07) is 59.2. The van der Waals surface area contributed by atoms with Gasteiger partial charge in [0.05, 0.1) is 146 Å². The summed E-state index contributed by atoms with van der Waals surface area (Å²) in [6.07, 6.45) is 13.1. The Morgan fingerprint density at radius 3 is 1.15 bits per heavy atom. The van der Waals surface area contributed by atoms with Crippen molar-refractivity contribution in [1.29, 1.82) is 0 Å². The molecular weight excluding hydrogens is 1860 g/mol. The van der Waals surface area contributed by atoms with Crippen molar-refractivity contribution < 1.29 is 114 Å². The van der Waals surface area contributed by atoms with Gasteiger partial charge in [-0.3, -0.25) is 29.5 Å². The van der Waals surface area contributed by atoms with E-state index in [1.165, 1.54) is 6.33 Å². The molecule has 0 bridgehead atoms. The molecule has 0 unspecified atom stereocenters. The van der Waals surface area contributed by atoms with Crippen LogP contribution in [0.25, 0.3) is 44.7 Å². The Labute approximate surface area is 787 Å². The first-order valence-electron chi connectivity index (χ1n) is 40.1. The second kappa shape index (κ2) is 44.0. The molecule has 125 heavy (non-hydrogen) atoms. The number of fused-ring (bicyclic) bond motifs is 4. The topological polar surface area (TPSA) is 455 Å². The molecule has 13 atom stereocenters. The van der Waals surface area contributed by atoms with Crippen LogP contribution in [0.3, 0.4) is 0 Å². The van der Waals surface area contributed by atoms with Gasteiger partial charge in [-0.05, 0) is 88.2 Å². The number of nitrogens with one attached hydrogen (secondary N) is 2. The number of aliphatic hydroxyl groups excluding tert-OH is 3. The van der Waals surface area contributed by atoms with Crippen molar-refractivity contribution in [2.45, 2.75) is 120 Å². The predicted octanol–water partition coefficient (Wildman–Crippen LogP) is 9.83. The van der Waals surface area contributed by atoms with Gasteiger partial charge in [-0.15, -0.1) is 24.0 Å². The number of nitrogens with two attached hydrogens (primary N) is 4. The van der Waals surface area contributed by atoms with Crippen LogP contribution in [-0.4, -0.2) is 162 Å². The van der Waals surface area contributed by atoms with Gasteiger partial charge in [0, 0.05) is 112 Å². The predicted molar refractivity (Wildman–Crippen MR) is 472 cm³/mol. The van der Waals surface area contributed by atoms with Crippen LogP contribution in [0.5, 0.6) is 0 Å². The maximum absolute atomic E-state index is 12.3. The number of nitrogen functional groups attached to an aromatic ring is 4. The summed E-state index contributed by atoms with van der Waals surface area (Å²) in [4.78, 5) is 70.8. The summed E-state index contributed by atoms with van der Waals surface area (Å²) in [5.41, 5.74) is 33.3. The van der Waals surface area contributed by atoms with Crippen LogP contribution in [0.15, 0.2) is 253 Å². The Morgan fingerprint density at radius 2 is 0.768 bits per heavy atom. The molecule has 14 aromatic rings. The largest absolute Gasteiger partial charge is 0.420 e. The molecule has 0 aliphatic heterocycles. The van der Waals surface area contributed by atoms with Gasteiger partial charge in [-0.2, -0.15) is 9.97 Å².